The van der Waals surface area contributed by atoms with E-state index in [1.807, 2.05) is 30.3 Å². The van der Waals surface area contributed by atoms with Crippen LogP contribution in [0.5, 0.6) is 0 Å². The van der Waals surface area contributed by atoms with Gasteiger partial charge in [0.25, 0.3) is 5.91 Å². The van der Waals surface area contributed by atoms with E-state index in [4.69, 9.17) is 0 Å². The van der Waals surface area contributed by atoms with E-state index in [2.05, 4.69) is 38.1 Å². The van der Waals surface area contributed by atoms with Crippen molar-refractivity contribution in [3.8, 4) is 0 Å². The topological polar surface area (TPSA) is 84.2 Å². The summed E-state index contributed by atoms with van der Waals surface area (Å²) in [4.78, 5) is 12.1. The van der Waals surface area contributed by atoms with Gasteiger partial charge in [-0.1, -0.05) is 30.3 Å². The van der Waals surface area contributed by atoms with Crippen LogP contribution < -0.4 is 10.6 Å². The minimum atomic E-state index is -0.374. The van der Waals surface area contributed by atoms with E-state index in [9.17, 15) is 9.18 Å². The van der Waals surface area contributed by atoms with Crippen molar-refractivity contribution >= 4 is 17.4 Å². The fourth-order valence-corrected chi connectivity index (χ4v) is 3.05. The van der Waals surface area contributed by atoms with Crippen LogP contribution in [0.25, 0.3) is 5.65 Å². The number of benzene rings is 2. The van der Waals surface area contributed by atoms with Crippen LogP contribution in [-0.2, 0) is 12.8 Å². The number of halogens is 1. The summed E-state index contributed by atoms with van der Waals surface area (Å²) in [5.41, 5.74) is 2.31. The molecule has 0 fully saturated rings. The third-order valence-corrected chi connectivity index (χ3v) is 4.63. The number of carbonyl (C=O) groups excluding carboxylic acids is 1. The zero-order valence-corrected chi connectivity index (χ0v) is 16.3. The number of aromatic nitrogens is 4. The second-order valence-electron chi connectivity index (χ2n) is 6.78. The van der Waals surface area contributed by atoms with Gasteiger partial charge in [0, 0.05) is 25.1 Å². The van der Waals surface area contributed by atoms with E-state index in [1.54, 1.807) is 4.52 Å². The fraction of sp³-hybridized carbons (Fsp3) is 0.182. The Morgan fingerprint density at radius 2 is 1.70 bits per heavy atom. The highest BCUT2D eigenvalue weighted by atomic mass is 19.1. The molecule has 0 spiro atoms. The summed E-state index contributed by atoms with van der Waals surface area (Å²) in [6.07, 6.45) is 1.36. The predicted molar refractivity (Wildman–Crippen MR) is 112 cm³/mol. The highest BCUT2D eigenvalue weighted by Gasteiger charge is 2.10. The lowest BCUT2D eigenvalue weighted by molar-refractivity contribution is 0.0954. The molecule has 2 aromatic heterocycles. The maximum absolute atomic E-state index is 13.0. The van der Waals surface area contributed by atoms with Gasteiger partial charge in [0.15, 0.2) is 11.5 Å². The first kappa shape index (κ1) is 19.5. The molecule has 0 aliphatic heterocycles. The van der Waals surface area contributed by atoms with Crippen LogP contribution in [0.1, 0.15) is 21.7 Å². The van der Waals surface area contributed by atoms with Crippen LogP contribution in [0.3, 0.4) is 0 Å². The highest BCUT2D eigenvalue weighted by Crippen LogP contribution is 2.09. The number of fused-ring (bicyclic) bond motifs is 1. The third-order valence-electron chi connectivity index (χ3n) is 4.63. The largest absolute Gasteiger partial charge is 0.368 e. The van der Waals surface area contributed by atoms with Crippen LogP contribution in [0.2, 0.25) is 0 Å². The number of hydrogen-bond donors (Lipinski definition) is 2. The third kappa shape index (κ3) is 4.78. The van der Waals surface area contributed by atoms with E-state index in [0.29, 0.717) is 30.0 Å². The summed E-state index contributed by atoms with van der Waals surface area (Å²) in [7, 11) is 0. The van der Waals surface area contributed by atoms with Gasteiger partial charge in [-0.3, -0.25) is 4.79 Å². The SMILES string of the molecule is O=C(NCCc1nnc2ccc(NCCc3ccccc3)nn12)c1ccc(F)cc1. The quantitative estimate of drug-likeness (QED) is 0.472. The van der Waals surface area contributed by atoms with Crippen LogP contribution >= 0.6 is 0 Å². The Hall–Kier alpha value is -3.81. The van der Waals surface area contributed by atoms with Crippen molar-refractivity contribution in [1.29, 1.82) is 0 Å². The molecule has 0 aliphatic carbocycles. The van der Waals surface area contributed by atoms with Gasteiger partial charge in [0.1, 0.15) is 11.6 Å². The molecule has 2 heterocycles. The molecule has 0 saturated heterocycles. The summed E-state index contributed by atoms with van der Waals surface area (Å²) >= 11 is 0. The normalized spacial score (nSPS) is 10.8. The number of amides is 1. The average Bonchev–Trinajstić information content (AvgIpc) is 3.17. The second kappa shape index (κ2) is 9.13. The zero-order chi connectivity index (χ0) is 20.8. The van der Waals surface area contributed by atoms with Gasteiger partial charge in [-0.25, -0.2) is 4.39 Å². The summed E-state index contributed by atoms with van der Waals surface area (Å²) in [5.74, 6) is 0.742. The Kier molecular flexibility index (Phi) is 5.93. The molecular formula is C22H21FN6O. The highest BCUT2D eigenvalue weighted by molar-refractivity contribution is 5.94. The maximum atomic E-state index is 13.0. The molecular weight excluding hydrogens is 383 g/mol. The monoisotopic (exact) mass is 404 g/mol. The standard InChI is InChI=1S/C22H21FN6O/c23-18-8-6-17(7-9-18)22(30)25-15-13-21-27-26-20-11-10-19(28-29(20)21)24-14-12-16-4-2-1-3-5-16/h1-11H,12-15H2,(H,24,28)(H,25,30). The Bertz CT molecular complexity index is 1130. The Morgan fingerprint density at radius 3 is 2.50 bits per heavy atom. The van der Waals surface area contributed by atoms with Crippen LogP contribution in [0.15, 0.2) is 66.7 Å². The van der Waals surface area contributed by atoms with Crippen molar-refractivity contribution in [2.45, 2.75) is 12.8 Å². The van der Waals surface area contributed by atoms with Gasteiger partial charge in [-0.15, -0.1) is 15.3 Å². The van der Waals surface area contributed by atoms with Gasteiger partial charge < -0.3 is 10.6 Å². The predicted octanol–water partition coefficient (Wildman–Crippen LogP) is 2.89. The Labute approximate surface area is 173 Å². The lowest BCUT2D eigenvalue weighted by atomic mass is 10.1. The lowest BCUT2D eigenvalue weighted by Gasteiger charge is -2.07. The van der Waals surface area contributed by atoms with Crippen LogP contribution in [0, 0.1) is 5.82 Å². The number of nitrogens with zero attached hydrogens (tertiary/aromatic N) is 4. The van der Waals surface area contributed by atoms with E-state index in [0.717, 1.165) is 18.8 Å². The molecule has 0 aliphatic rings. The Balaban J connectivity index is 1.34. The molecule has 2 aromatic carbocycles. The molecule has 0 unspecified atom stereocenters. The van der Waals surface area contributed by atoms with E-state index in [1.165, 1.54) is 29.8 Å². The van der Waals surface area contributed by atoms with Crippen molar-refractivity contribution in [2.75, 3.05) is 18.4 Å². The molecule has 152 valence electrons. The number of hydrogen-bond acceptors (Lipinski definition) is 5. The number of anilines is 1. The fourth-order valence-electron chi connectivity index (χ4n) is 3.05. The van der Waals surface area contributed by atoms with E-state index in [-0.39, 0.29) is 11.7 Å². The van der Waals surface area contributed by atoms with E-state index < -0.39 is 0 Å². The molecule has 1 amide bonds. The summed E-state index contributed by atoms with van der Waals surface area (Å²) in [6, 6.07) is 19.4. The van der Waals surface area contributed by atoms with Crippen molar-refractivity contribution in [1.82, 2.24) is 25.1 Å². The molecule has 4 aromatic rings. The van der Waals surface area contributed by atoms with Crippen molar-refractivity contribution in [3.05, 3.63) is 89.5 Å². The van der Waals surface area contributed by atoms with Gasteiger partial charge in [0.2, 0.25) is 0 Å². The van der Waals surface area contributed by atoms with Gasteiger partial charge in [-0.05, 0) is 48.4 Å². The molecule has 2 N–H and O–H groups in total. The molecule has 8 heteroatoms. The van der Waals surface area contributed by atoms with Crippen LogP contribution in [0.4, 0.5) is 10.2 Å². The number of nitrogens with one attached hydrogen (secondary N) is 2. The van der Waals surface area contributed by atoms with Gasteiger partial charge in [-0.2, -0.15) is 4.52 Å². The van der Waals surface area contributed by atoms with E-state index >= 15 is 0 Å². The van der Waals surface area contributed by atoms with Crippen LogP contribution in [-0.4, -0.2) is 38.8 Å². The number of carbonyl (C=O) groups is 1. The molecule has 4 rings (SSSR count). The number of rotatable bonds is 8. The molecule has 0 atom stereocenters. The molecule has 0 radical (unpaired) electrons. The second-order valence-corrected chi connectivity index (χ2v) is 6.78. The first-order valence-corrected chi connectivity index (χ1v) is 9.72. The molecule has 30 heavy (non-hydrogen) atoms. The molecule has 7 nitrogen and oxygen atoms in total. The van der Waals surface area contributed by atoms with Gasteiger partial charge in [0.05, 0.1) is 0 Å². The minimum Gasteiger partial charge on any atom is -0.368 e. The zero-order valence-electron chi connectivity index (χ0n) is 16.3. The summed E-state index contributed by atoms with van der Waals surface area (Å²) in [5, 5.41) is 19.0. The maximum Gasteiger partial charge on any atom is 0.251 e. The van der Waals surface area contributed by atoms with Crippen molar-refractivity contribution < 1.29 is 9.18 Å². The van der Waals surface area contributed by atoms with Gasteiger partial charge >= 0.3 is 0 Å². The molecule has 0 bridgehead atoms. The minimum absolute atomic E-state index is 0.264. The summed E-state index contributed by atoms with van der Waals surface area (Å²) < 4.78 is 14.6. The molecule has 0 saturated carbocycles. The van der Waals surface area contributed by atoms with Crippen molar-refractivity contribution in [3.63, 3.8) is 0 Å². The smallest absolute Gasteiger partial charge is 0.251 e. The Morgan fingerprint density at radius 1 is 0.900 bits per heavy atom. The average molecular weight is 404 g/mol. The van der Waals surface area contributed by atoms with Crippen molar-refractivity contribution in [2.24, 2.45) is 0 Å². The first-order valence-electron chi connectivity index (χ1n) is 9.72. The lowest BCUT2D eigenvalue weighted by Crippen LogP contribution is -2.26. The summed E-state index contributed by atoms with van der Waals surface area (Å²) in [6.45, 7) is 1.12. The first-order chi connectivity index (χ1) is 14.7.